The third-order valence-electron chi connectivity index (χ3n) is 8.22. The van der Waals surface area contributed by atoms with Crippen molar-refractivity contribution >= 4 is 11.4 Å². The van der Waals surface area contributed by atoms with Gasteiger partial charge in [-0.25, -0.2) is 9.97 Å². The Morgan fingerprint density at radius 2 is 1.80 bits per heavy atom. The molecule has 44 heavy (non-hydrogen) atoms. The molecule has 4 aromatic rings. The SMILES string of the molecule is COc1cc(C)[nH]c(=O)c1CNC(=O)c1cc2c(-c3cnc(C)nc3)ccn2c([C@@H](C)N2CCN(CC(F)(F)F)CC2)c1C. The molecule has 0 bridgehead atoms. The highest BCUT2D eigenvalue weighted by Gasteiger charge is 2.34. The maximum Gasteiger partial charge on any atom is 0.401 e. The van der Waals surface area contributed by atoms with Gasteiger partial charge in [0.2, 0.25) is 0 Å². The summed E-state index contributed by atoms with van der Waals surface area (Å²) in [6.45, 7) is 7.93. The zero-order valence-corrected chi connectivity index (χ0v) is 25.4. The van der Waals surface area contributed by atoms with E-state index in [0.29, 0.717) is 41.5 Å². The largest absolute Gasteiger partial charge is 0.496 e. The Balaban J connectivity index is 1.52. The summed E-state index contributed by atoms with van der Waals surface area (Å²) in [4.78, 5) is 41.4. The molecule has 4 aromatic heterocycles. The first kappa shape index (κ1) is 31.2. The zero-order valence-electron chi connectivity index (χ0n) is 25.4. The van der Waals surface area contributed by atoms with Gasteiger partial charge in [-0.2, -0.15) is 13.2 Å². The van der Waals surface area contributed by atoms with E-state index in [9.17, 15) is 22.8 Å². The van der Waals surface area contributed by atoms with Gasteiger partial charge in [-0.3, -0.25) is 19.4 Å². The molecule has 13 heteroatoms. The number of carbonyl (C=O) groups excluding carboxylic acids is 1. The number of aromatic amines is 1. The number of aryl methyl sites for hydroxylation is 2. The number of H-pyrrole nitrogens is 1. The molecule has 0 spiro atoms. The predicted octanol–water partition coefficient (Wildman–Crippen LogP) is 4.19. The van der Waals surface area contributed by atoms with Crippen molar-refractivity contribution in [2.24, 2.45) is 0 Å². The fraction of sp³-hybridized carbons (Fsp3) is 0.419. The number of piperazine rings is 1. The monoisotopic (exact) mass is 611 g/mol. The van der Waals surface area contributed by atoms with Crippen molar-refractivity contribution in [3.05, 3.63) is 81.0 Å². The van der Waals surface area contributed by atoms with Gasteiger partial charge in [0.1, 0.15) is 11.6 Å². The number of ether oxygens (including phenoxy) is 1. The smallest absolute Gasteiger partial charge is 0.401 e. The van der Waals surface area contributed by atoms with Gasteiger partial charge in [-0.15, -0.1) is 0 Å². The Hall–Kier alpha value is -4.23. The van der Waals surface area contributed by atoms with Gasteiger partial charge >= 0.3 is 6.18 Å². The Bertz CT molecular complexity index is 1720. The summed E-state index contributed by atoms with van der Waals surface area (Å²) in [5.41, 5.74) is 4.97. The summed E-state index contributed by atoms with van der Waals surface area (Å²) in [6.07, 6.45) is 1.15. The molecule has 0 unspecified atom stereocenters. The number of hydrogen-bond acceptors (Lipinski definition) is 7. The van der Waals surface area contributed by atoms with Crippen LogP contribution < -0.4 is 15.6 Å². The van der Waals surface area contributed by atoms with Crippen LogP contribution in [0, 0.1) is 20.8 Å². The number of carbonyl (C=O) groups is 1. The van der Waals surface area contributed by atoms with Crippen LogP contribution in [0.4, 0.5) is 13.2 Å². The summed E-state index contributed by atoms with van der Waals surface area (Å²) in [6, 6.07) is 5.24. The number of fused-ring (bicyclic) bond motifs is 1. The zero-order chi connectivity index (χ0) is 31.8. The van der Waals surface area contributed by atoms with Crippen LogP contribution >= 0.6 is 0 Å². The molecule has 1 aliphatic rings. The highest BCUT2D eigenvalue weighted by Crippen LogP contribution is 2.34. The van der Waals surface area contributed by atoms with Gasteiger partial charge in [0.25, 0.3) is 11.5 Å². The van der Waals surface area contributed by atoms with Crippen molar-refractivity contribution in [3.8, 4) is 16.9 Å². The van der Waals surface area contributed by atoms with Gasteiger partial charge in [-0.05, 0) is 51.5 Å². The lowest BCUT2D eigenvalue weighted by Gasteiger charge is -2.39. The predicted molar refractivity (Wildman–Crippen MR) is 160 cm³/mol. The van der Waals surface area contributed by atoms with Crippen molar-refractivity contribution in [3.63, 3.8) is 0 Å². The number of amides is 1. The highest BCUT2D eigenvalue weighted by molar-refractivity contribution is 5.98. The van der Waals surface area contributed by atoms with Crippen LogP contribution in [-0.2, 0) is 6.54 Å². The molecule has 0 saturated carbocycles. The molecule has 10 nitrogen and oxygen atoms in total. The number of alkyl halides is 3. The van der Waals surface area contributed by atoms with E-state index in [1.165, 1.54) is 12.0 Å². The molecular formula is C31H36F3N7O3. The van der Waals surface area contributed by atoms with E-state index in [4.69, 9.17) is 4.74 Å². The van der Waals surface area contributed by atoms with E-state index in [-0.39, 0.29) is 37.1 Å². The lowest BCUT2D eigenvalue weighted by Crippen LogP contribution is -2.49. The van der Waals surface area contributed by atoms with Crippen LogP contribution in [0.5, 0.6) is 5.75 Å². The molecule has 0 radical (unpaired) electrons. The Morgan fingerprint density at radius 3 is 2.43 bits per heavy atom. The van der Waals surface area contributed by atoms with Crippen LogP contribution in [0.2, 0.25) is 0 Å². The maximum atomic E-state index is 13.8. The summed E-state index contributed by atoms with van der Waals surface area (Å²) >= 11 is 0. The normalized spacial score (nSPS) is 15.5. The Morgan fingerprint density at radius 1 is 1.11 bits per heavy atom. The quantitative estimate of drug-likeness (QED) is 0.308. The van der Waals surface area contributed by atoms with Gasteiger partial charge in [0.15, 0.2) is 0 Å². The van der Waals surface area contributed by atoms with Crippen molar-refractivity contribution in [1.82, 2.24) is 34.5 Å². The number of pyridine rings is 2. The topological polar surface area (TPSA) is 108 Å². The first-order valence-corrected chi connectivity index (χ1v) is 14.4. The van der Waals surface area contributed by atoms with Crippen LogP contribution in [0.1, 0.15) is 51.7 Å². The summed E-state index contributed by atoms with van der Waals surface area (Å²) in [7, 11) is 1.47. The third kappa shape index (κ3) is 6.48. The van der Waals surface area contributed by atoms with E-state index in [1.54, 1.807) is 32.3 Å². The standard InChI is InChI=1S/C31H36F3N7O3/c1-18-12-27(44-5)25(30(43)38-18)16-37-29(42)24-13-26-23(22-14-35-21(4)36-15-22)6-7-41(26)28(19(24)2)20(3)40-10-8-39(9-11-40)17-31(32,33)34/h6-7,12-15,20H,8-11,16-17H2,1-5H3,(H,37,42)(H,38,43)/t20-/m1/s1. The molecular weight excluding hydrogens is 575 g/mol. The average molecular weight is 612 g/mol. The number of nitrogens with one attached hydrogen (secondary N) is 2. The van der Waals surface area contributed by atoms with Crippen LogP contribution in [-0.4, -0.2) is 81.1 Å². The van der Waals surface area contributed by atoms with Crippen molar-refractivity contribution in [1.29, 1.82) is 0 Å². The van der Waals surface area contributed by atoms with E-state index in [2.05, 4.69) is 25.2 Å². The fourth-order valence-electron chi connectivity index (χ4n) is 5.93. The number of nitrogens with zero attached hydrogens (tertiary/aromatic N) is 5. The number of aromatic nitrogens is 4. The second kappa shape index (κ2) is 12.4. The molecule has 1 saturated heterocycles. The molecule has 1 fully saturated rings. The van der Waals surface area contributed by atoms with E-state index in [0.717, 1.165) is 27.9 Å². The number of methoxy groups -OCH3 is 1. The minimum atomic E-state index is -4.24. The maximum absolute atomic E-state index is 13.8. The fourth-order valence-corrected chi connectivity index (χ4v) is 5.93. The molecule has 1 aliphatic heterocycles. The minimum absolute atomic E-state index is 0.0477. The third-order valence-corrected chi connectivity index (χ3v) is 8.22. The van der Waals surface area contributed by atoms with Gasteiger partial charge in [0.05, 0.1) is 31.3 Å². The van der Waals surface area contributed by atoms with Gasteiger partial charge < -0.3 is 19.4 Å². The van der Waals surface area contributed by atoms with Crippen molar-refractivity contribution in [2.75, 3.05) is 39.8 Å². The Labute approximate surface area is 252 Å². The summed E-state index contributed by atoms with van der Waals surface area (Å²) in [5.74, 6) is 0.641. The molecule has 234 valence electrons. The summed E-state index contributed by atoms with van der Waals surface area (Å²) < 4.78 is 46.4. The molecule has 1 amide bonds. The second-order valence-corrected chi connectivity index (χ2v) is 11.2. The van der Waals surface area contributed by atoms with Crippen molar-refractivity contribution < 1.29 is 22.7 Å². The van der Waals surface area contributed by atoms with Crippen molar-refractivity contribution in [2.45, 2.75) is 46.5 Å². The number of rotatable bonds is 8. The molecule has 2 N–H and O–H groups in total. The highest BCUT2D eigenvalue weighted by atomic mass is 19.4. The first-order valence-electron chi connectivity index (χ1n) is 14.4. The molecule has 5 heterocycles. The van der Waals surface area contributed by atoms with Gasteiger partial charge in [-0.1, -0.05) is 0 Å². The van der Waals surface area contributed by atoms with Gasteiger partial charge in [0, 0.05) is 78.9 Å². The molecule has 5 rings (SSSR count). The van der Waals surface area contributed by atoms with Crippen LogP contribution in [0.15, 0.2) is 41.6 Å². The number of halogens is 3. The van der Waals surface area contributed by atoms with E-state index < -0.39 is 12.7 Å². The number of hydrogen-bond donors (Lipinski definition) is 2. The average Bonchev–Trinajstić information content (AvgIpc) is 3.39. The molecule has 1 atom stereocenters. The lowest BCUT2D eigenvalue weighted by atomic mass is 9.99. The van der Waals surface area contributed by atoms with Crippen LogP contribution in [0.25, 0.3) is 16.6 Å². The molecule has 0 aliphatic carbocycles. The molecule has 0 aromatic carbocycles. The lowest BCUT2D eigenvalue weighted by molar-refractivity contribution is -0.149. The van der Waals surface area contributed by atoms with E-state index in [1.807, 2.05) is 36.6 Å². The Kier molecular flexibility index (Phi) is 8.80. The minimum Gasteiger partial charge on any atom is -0.496 e. The first-order chi connectivity index (χ1) is 20.9. The van der Waals surface area contributed by atoms with E-state index >= 15 is 0 Å². The van der Waals surface area contributed by atoms with Crippen LogP contribution in [0.3, 0.4) is 0 Å². The summed E-state index contributed by atoms with van der Waals surface area (Å²) in [5, 5.41) is 2.89. The second-order valence-electron chi connectivity index (χ2n) is 11.2.